The highest BCUT2D eigenvalue weighted by atomic mass is 16.1. The summed E-state index contributed by atoms with van der Waals surface area (Å²) in [7, 11) is 0. The molecule has 1 saturated carbocycles. The van der Waals surface area contributed by atoms with Gasteiger partial charge < -0.3 is 11.1 Å². The van der Waals surface area contributed by atoms with Crippen LogP contribution in [0.1, 0.15) is 44.2 Å². The van der Waals surface area contributed by atoms with Crippen molar-refractivity contribution in [3.63, 3.8) is 0 Å². The summed E-state index contributed by atoms with van der Waals surface area (Å²) in [6.07, 6.45) is 3.51. The van der Waals surface area contributed by atoms with E-state index < -0.39 is 0 Å². The highest BCUT2D eigenvalue weighted by Gasteiger charge is 2.39. The zero-order valence-corrected chi connectivity index (χ0v) is 11.2. The van der Waals surface area contributed by atoms with E-state index in [0.29, 0.717) is 6.42 Å². The molecule has 1 aliphatic rings. The monoisotopic (exact) mass is 246 g/mol. The van der Waals surface area contributed by atoms with Crippen molar-refractivity contribution in [1.82, 2.24) is 5.32 Å². The maximum Gasteiger partial charge on any atom is 0.220 e. The lowest BCUT2D eigenvalue weighted by Gasteiger charge is -2.10. The van der Waals surface area contributed by atoms with Crippen LogP contribution in [0.3, 0.4) is 0 Å². The maximum absolute atomic E-state index is 11.5. The van der Waals surface area contributed by atoms with Crippen LogP contribution in [-0.4, -0.2) is 11.9 Å². The first kappa shape index (κ1) is 13.1. The van der Waals surface area contributed by atoms with Gasteiger partial charge in [0.05, 0.1) is 0 Å². The number of nitrogens with one attached hydrogen (secondary N) is 1. The molecule has 18 heavy (non-hydrogen) atoms. The van der Waals surface area contributed by atoms with Crippen molar-refractivity contribution in [1.29, 1.82) is 0 Å². The number of aryl methyl sites for hydroxylation is 1. The number of amides is 1. The number of hydrogen-bond acceptors (Lipinski definition) is 2. The van der Waals surface area contributed by atoms with Crippen LogP contribution < -0.4 is 11.1 Å². The SMILES string of the molecule is CC(C)NC(=O)CCc1ccc(C2(N)CC2)cc1. The van der Waals surface area contributed by atoms with Crippen molar-refractivity contribution in [3.8, 4) is 0 Å². The van der Waals surface area contributed by atoms with Gasteiger partial charge in [0, 0.05) is 18.0 Å². The van der Waals surface area contributed by atoms with E-state index in [1.54, 1.807) is 0 Å². The van der Waals surface area contributed by atoms with Crippen molar-refractivity contribution in [2.75, 3.05) is 0 Å². The lowest BCUT2D eigenvalue weighted by molar-refractivity contribution is -0.121. The molecule has 0 aromatic heterocycles. The van der Waals surface area contributed by atoms with Crippen LogP contribution in [-0.2, 0) is 16.8 Å². The standard InChI is InChI=1S/C15H22N2O/c1-11(2)17-14(18)8-5-12-3-6-13(7-4-12)15(16)9-10-15/h3-4,6-7,11H,5,8-10,16H2,1-2H3,(H,17,18). The summed E-state index contributed by atoms with van der Waals surface area (Å²) in [6, 6.07) is 8.59. The van der Waals surface area contributed by atoms with E-state index in [2.05, 4.69) is 29.6 Å². The molecule has 1 aromatic rings. The molecule has 0 aliphatic heterocycles. The molecule has 0 bridgehead atoms. The molecule has 1 amide bonds. The summed E-state index contributed by atoms with van der Waals surface area (Å²) in [4.78, 5) is 11.5. The lowest BCUT2D eigenvalue weighted by Crippen LogP contribution is -2.30. The van der Waals surface area contributed by atoms with Crippen molar-refractivity contribution >= 4 is 5.91 Å². The highest BCUT2D eigenvalue weighted by molar-refractivity contribution is 5.76. The lowest BCUT2D eigenvalue weighted by atomic mass is 10.0. The molecule has 2 rings (SSSR count). The molecule has 0 atom stereocenters. The summed E-state index contributed by atoms with van der Waals surface area (Å²) in [6.45, 7) is 3.95. The Bertz CT molecular complexity index is 419. The largest absolute Gasteiger partial charge is 0.354 e. The first-order chi connectivity index (χ1) is 8.49. The van der Waals surface area contributed by atoms with Crippen LogP contribution in [0.25, 0.3) is 0 Å². The molecule has 0 heterocycles. The van der Waals surface area contributed by atoms with Crippen LogP contribution in [0, 0.1) is 0 Å². The van der Waals surface area contributed by atoms with Crippen molar-refractivity contribution in [2.45, 2.75) is 51.1 Å². The van der Waals surface area contributed by atoms with Crippen LogP contribution in [0.5, 0.6) is 0 Å². The Kier molecular flexibility index (Phi) is 3.71. The summed E-state index contributed by atoms with van der Waals surface area (Å²) in [5.74, 6) is 0.117. The highest BCUT2D eigenvalue weighted by Crippen LogP contribution is 2.42. The van der Waals surface area contributed by atoms with E-state index in [1.165, 1.54) is 11.1 Å². The summed E-state index contributed by atoms with van der Waals surface area (Å²) < 4.78 is 0. The molecule has 0 spiro atoms. The van der Waals surface area contributed by atoms with Crippen molar-refractivity contribution in [2.24, 2.45) is 5.73 Å². The van der Waals surface area contributed by atoms with Gasteiger partial charge in [0.15, 0.2) is 0 Å². The number of benzene rings is 1. The Morgan fingerprint density at radius 1 is 1.33 bits per heavy atom. The number of nitrogens with two attached hydrogens (primary N) is 1. The van der Waals surface area contributed by atoms with Gasteiger partial charge in [0.1, 0.15) is 0 Å². The van der Waals surface area contributed by atoms with Gasteiger partial charge in [-0.05, 0) is 44.2 Å². The fourth-order valence-corrected chi connectivity index (χ4v) is 2.08. The Balaban J connectivity index is 1.85. The third-order valence-corrected chi connectivity index (χ3v) is 3.41. The van der Waals surface area contributed by atoms with Crippen molar-refractivity contribution in [3.05, 3.63) is 35.4 Å². The fourth-order valence-electron chi connectivity index (χ4n) is 2.08. The second kappa shape index (κ2) is 5.11. The van der Waals surface area contributed by atoms with Gasteiger partial charge in [-0.25, -0.2) is 0 Å². The molecular weight excluding hydrogens is 224 g/mol. The fraction of sp³-hybridized carbons (Fsp3) is 0.533. The van der Waals surface area contributed by atoms with Crippen LogP contribution >= 0.6 is 0 Å². The minimum absolute atomic E-state index is 0.0620. The molecule has 1 aliphatic carbocycles. The quantitative estimate of drug-likeness (QED) is 0.836. The predicted octanol–water partition coefficient (Wildman–Crippen LogP) is 2.09. The van der Waals surface area contributed by atoms with Gasteiger partial charge >= 0.3 is 0 Å². The minimum Gasteiger partial charge on any atom is -0.354 e. The zero-order valence-electron chi connectivity index (χ0n) is 11.2. The Morgan fingerprint density at radius 3 is 2.44 bits per heavy atom. The zero-order chi connectivity index (χ0) is 13.2. The Labute approximate surface area is 109 Å². The van der Waals surface area contributed by atoms with Crippen molar-refractivity contribution < 1.29 is 4.79 Å². The minimum atomic E-state index is -0.0620. The molecule has 3 nitrogen and oxygen atoms in total. The van der Waals surface area contributed by atoms with E-state index in [-0.39, 0.29) is 17.5 Å². The van der Waals surface area contributed by atoms with Crippen LogP contribution in [0.4, 0.5) is 0 Å². The van der Waals surface area contributed by atoms with E-state index in [4.69, 9.17) is 5.73 Å². The molecule has 3 heteroatoms. The average Bonchev–Trinajstić information content (AvgIpc) is 3.06. The van der Waals surface area contributed by atoms with Crippen LogP contribution in [0.15, 0.2) is 24.3 Å². The van der Waals surface area contributed by atoms with Crippen LogP contribution in [0.2, 0.25) is 0 Å². The summed E-state index contributed by atoms with van der Waals surface area (Å²) >= 11 is 0. The molecule has 0 unspecified atom stereocenters. The van der Waals surface area contributed by atoms with E-state index in [0.717, 1.165) is 19.3 Å². The first-order valence-corrected chi connectivity index (χ1v) is 6.67. The van der Waals surface area contributed by atoms with Gasteiger partial charge in [-0.2, -0.15) is 0 Å². The van der Waals surface area contributed by atoms with Gasteiger partial charge in [-0.3, -0.25) is 4.79 Å². The summed E-state index contributed by atoms with van der Waals surface area (Å²) in [5.41, 5.74) is 8.49. The third-order valence-electron chi connectivity index (χ3n) is 3.41. The maximum atomic E-state index is 11.5. The topological polar surface area (TPSA) is 55.1 Å². The summed E-state index contributed by atoms with van der Waals surface area (Å²) in [5, 5.41) is 2.90. The van der Waals surface area contributed by atoms with E-state index in [9.17, 15) is 4.79 Å². The second-order valence-electron chi connectivity index (χ2n) is 5.58. The van der Waals surface area contributed by atoms with Gasteiger partial charge in [0.2, 0.25) is 5.91 Å². The molecule has 1 aromatic carbocycles. The number of carbonyl (C=O) groups excluding carboxylic acids is 1. The van der Waals surface area contributed by atoms with Gasteiger partial charge in [-0.15, -0.1) is 0 Å². The van der Waals surface area contributed by atoms with Gasteiger partial charge in [-0.1, -0.05) is 24.3 Å². The molecule has 0 saturated heterocycles. The molecule has 1 fully saturated rings. The second-order valence-corrected chi connectivity index (χ2v) is 5.58. The Morgan fingerprint density at radius 2 is 1.94 bits per heavy atom. The molecule has 98 valence electrons. The van der Waals surface area contributed by atoms with E-state index >= 15 is 0 Å². The number of rotatable bonds is 5. The number of carbonyl (C=O) groups is 1. The van der Waals surface area contributed by atoms with E-state index in [1.807, 2.05) is 13.8 Å². The normalized spacial score (nSPS) is 16.7. The molecular formula is C15H22N2O. The average molecular weight is 246 g/mol. The molecule has 0 radical (unpaired) electrons. The smallest absolute Gasteiger partial charge is 0.220 e. The predicted molar refractivity (Wildman–Crippen MR) is 73.1 cm³/mol. The first-order valence-electron chi connectivity index (χ1n) is 6.67. The number of hydrogen-bond donors (Lipinski definition) is 2. The van der Waals surface area contributed by atoms with Gasteiger partial charge in [0.25, 0.3) is 0 Å². The Hall–Kier alpha value is -1.35. The third kappa shape index (κ3) is 3.33. The molecule has 3 N–H and O–H groups in total.